The van der Waals surface area contributed by atoms with Crippen molar-refractivity contribution in [2.24, 2.45) is 0 Å². The third-order valence-corrected chi connectivity index (χ3v) is 3.71. The third kappa shape index (κ3) is 5.03. The molecule has 0 fully saturated rings. The number of rotatable bonds is 9. The molecule has 0 amide bonds. The van der Waals surface area contributed by atoms with E-state index in [1.807, 2.05) is 6.92 Å². The van der Waals surface area contributed by atoms with E-state index < -0.39 is 0 Å². The van der Waals surface area contributed by atoms with Gasteiger partial charge in [-0.25, -0.2) is 0 Å². The van der Waals surface area contributed by atoms with Crippen molar-refractivity contribution in [3.63, 3.8) is 0 Å². The van der Waals surface area contributed by atoms with Gasteiger partial charge in [-0.2, -0.15) is 0 Å². The van der Waals surface area contributed by atoms with Crippen LogP contribution in [-0.2, 0) is 6.42 Å². The maximum Gasteiger partial charge on any atom is 0.119 e. The standard InChI is InChI=1S/C19H30O/c1-5-9-10-12-17(11-6-2)19-14-13-18(20-8-4)15-16(19)7-3/h9-10,13-15,17H,5-8,11-12H2,1-4H3/b10-9-. The van der Waals surface area contributed by atoms with Crippen molar-refractivity contribution in [1.29, 1.82) is 0 Å². The van der Waals surface area contributed by atoms with Gasteiger partial charge in [-0.1, -0.05) is 45.4 Å². The number of aryl methyl sites for hydroxylation is 1. The van der Waals surface area contributed by atoms with E-state index in [0.29, 0.717) is 5.92 Å². The van der Waals surface area contributed by atoms with E-state index >= 15 is 0 Å². The highest BCUT2D eigenvalue weighted by molar-refractivity contribution is 5.38. The molecule has 0 aliphatic rings. The molecule has 0 aliphatic carbocycles. The fraction of sp³-hybridized carbons (Fsp3) is 0.579. The molecule has 0 aliphatic heterocycles. The predicted molar refractivity (Wildman–Crippen MR) is 88.7 cm³/mol. The van der Waals surface area contributed by atoms with Gasteiger partial charge in [0, 0.05) is 0 Å². The first kappa shape index (κ1) is 16.8. The second kappa shape index (κ2) is 9.63. The quantitative estimate of drug-likeness (QED) is 0.510. The molecule has 1 heteroatoms. The number of allylic oxidation sites excluding steroid dienone is 2. The average Bonchev–Trinajstić information content (AvgIpc) is 2.47. The number of hydrogen-bond acceptors (Lipinski definition) is 1. The fourth-order valence-corrected chi connectivity index (χ4v) is 2.72. The van der Waals surface area contributed by atoms with Crippen LogP contribution in [0.4, 0.5) is 0 Å². The van der Waals surface area contributed by atoms with E-state index in [0.717, 1.165) is 31.6 Å². The topological polar surface area (TPSA) is 9.23 Å². The molecular formula is C19H30O. The van der Waals surface area contributed by atoms with Crippen LogP contribution in [0, 0.1) is 0 Å². The summed E-state index contributed by atoms with van der Waals surface area (Å²) in [6.07, 6.45) is 10.5. The van der Waals surface area contributed by atoms with Gasteiger partial charge in [0.1, 0.15) is 5.75 Å². The molecule has 1 aromatic carbocycles. The summed E-state index contributed by atoms with van der Waals surface area (Å²) in [6, 6.07) is 6.64. The molecule has 0 spiro atoms. The van der Waals surface area contributed by atoms with E-state index in [-0.39, 0.29) is 0 Å². The van der Waals surface area contributed by atoms with Gasteiger partial charge in [0.25, 0.3) is 0 Å². The Kier molecular flexibility index (Phi) is 8.10. The number of benzene rings is 1. The maximum atomic E-state index is 5.63. The first-order chi connectivity index (χ1) is 9.76. The Hall–Kier alpha value is -1.24. The highest BCUT2D eigenvalue weighted by Crippen LogP contribution is 2.31. The summed E-state index contributed by atoms with van der Waals surface area (Å²) in [6.45, 7) is 9.48. The van der Waals surface area contributed by atoms with Gasteiger partial charge < -0.3 is 4.74 Å². The molecule has 0 saturated carbocycles. The van der Waals surface area contributed by atoms with Gasteiger partial charge in [0.15, 0.2) is 0 Å². The fourth-order valence-electron chi connectivity index (χ4n) is 2.72. The second-order valence-corrected chi connectivity index (χ2v) is 5.25. The minimum atomic E-state index is 0.647. The Morgan fingerprint density at radius 3 is 2.50 bits per heavy atom. The predicted octanol–water partition coefficient (Wildman–Crippen LogP) is 5.89. The SMILES string of the molecule is CC/C=C\CC(CCC)c1ccc(OCC)cc1CC. The largest absolute Gasteiger partial charge is 0.494 e. The van der Waals surface area contributed by atoms with Gasteiger partial charge in [-0.15, -0.1) is 0 Å². The molecule has 1 atom stereocenters. The van der Waals surface area contributed by atoms with Crippen molar-refractivity contribution in [3.05, 3.63) is 41.5 Å². The van der Waals surface area contributed by atoms with E-state index in [2.05, 4.69) is 51.1 Å². The number of ether oxygens (including phenoxy) is 1. The normalized spacial score (nSPS) is 12.8. The van der Waals surface area contributed by atoms with Crippen molar-refractivity contribution in [2.45, 2.75) is 65.7 Å². The Morgan fingerprint density at radius 1 is 1.10 bits per heavy atom. The summed E-state index contributed by atoms with van der Waals surface area (Å²) in [5, 5.41) is 0. The van der Waals surface area contributed by atoms with Crippen molar-refractivity contribution in [3.8, 4) is 5.75 Å². The summed E-state index contributed by atoms with van der Waals surface area (Å²) in [5.74, 6) is 1.65. The molecule has 0 aromatic heterocycles. The molecule has 0 radical (unpaired) electrons. The molecule has 1 aromatic rings. The van der Waals surface area contributed by atoms with E-state index in [1.54, 1.807) is 0 Å². The first-order valence-corrected chi connectivity index (χ1v) is 8.17. The minimum Gasteiger partial charge on any atom is -0.494 e. The lowest BCUT2D eigenvalue weighted by Gasteiger charge is -2.19. The van der Waals surface area contributed by atoms with Crippen LogP contribution in [0.3, 0.4) is 0 Å². The van der Waals surface area contributed by atoms with Crippen LogP contribution in [0.1, 0.15) is 70.4 Å². The summed E-state index contributed by atoms with van der Waals surface area (Å²) < 4.78 is 5.63. The van der Waals surface area contributed by atoms with Gasteiger partial charge in [0.2, 0.25) is 0 Å². The van der Waals surface area contributed by atoms with Crippen molar-refractivity contribution in [1.82, 2.24) is 0 Å². The summed E-state index contributed by atoms with van der Waals surface area (Å²) in [5.41, 5.74) is 2.96. The van der Waals surface area contributed by atoms with Gasteiger partial charge in [0.05, 0.1) is 6.61 Å². The summed E-state index contributed by atoms with van der Waals surface area (Å²) in [4.78, 5) is 0. The Morgan fingerprint density at radius 2 is 1.90 bits per heavy atom. The first-order valence-electron chi connectivity index (χ1n) is 8.17. The molecule has 1 nitrogen and oxygen atoms in total. The zero-order chi connectivity index (χ0) is 14.8. The minimum absolute atomic E-state index is 0.647. The van der Waals surface area contributed by atoms with Gasteiger partial charge in [-0.05, 0) is 61.8 Å². The van der Waals surface area contributed by atoms with Crippen LogP contribution in [0.25, 0.3) is 0 Å². The van der Waals surface area contributed by atoms with Crippen LogP contribution in [-0.4, -0.2) is 6.61 Å². The molecule has 0 bridgehead atoms. The summed E-state index contributed by atoms with van der Waals surface area (Å²) in [7, 11) is 0. The lowest BCUT2D eigenvalue weighted by Crippen LogP contribution is -2.03. The van der Waals surface area contributed by atoms with Crippen LogP contribution in [0.5, 0.6) is 5.75 Å². The van der Waals surface area contributed by atoms with Gasteiger partial charge >= 0.3 is 0 Å². The molecule has 1 unspecified atom stereocenters. The van der Waals surface area contributed by atoms with Crippen LogP contribution in [0.2, 0.25) is 0 Å². The molecule has 0 N–H and O–H groups in total. The van der Waals surface area contributed by atoms with E-state index in [1.165, 1.54) is 24.0 Å². The Balaban J connectivity index is 2.95. The zero-order valence-corrected chi connectivity index (χ0v) is 13.6. The smallest absolute Gasteiger partial charge is 0.119 e. The van der Waals surface area contributed by atoms with Crippen LogP contribution < -0.4 is 4.74 Å². The van der Waals surface area contributed by atoms with Crippen molar-refractivity contribution in [2.75, 3.05) is 6.61 Å². The molecule has 0 saturated heterocycles. The Labute approximate surface area is 125 Å². The van der Waals surface area contributed by atoms with Gasteiger partial charge in [-0.3, -0.25) is 0 Å². The van der Waals surface area contributed by atoms with Crippen molar-refractivity contribution >= 4 is 0 Å². The lowest BCUT2D eigenvalue weighted by molar-refractivity contribution is 0.339. The summed E-state index contributed by atoms with van der Waals surface area (Å²) >= 11 is 0. The van der Waals surface area contributed by atoms with E-state index in [9.17, 15) is 0 Å². The lowest BCUT2D eigenvalue weighted by atomic mass is 9.87. The molecular weight excluding hydrogens is 244 g/mol. The van der Waals surface area contributed by atoms with E-state index in [4.69, 9.17) is 4.74 Å². The number of hydrogen-bond donors (Lipinski definition) is 0. The maximum absolute atomic E-state index is 5.63. The highest BCUT2D eigenvalue weighted by Gasteiger charge is 2.13. The molecule has 112 valence electrons. The molecule has 0 heterocycles. The average molecular weight is 274 g/mol. The Bertz CT molecular complexity index is 406. The monoisotopic (exact) mass is 274 g/mol. The second-order valence-electron chi connectivity index (χ2n) is 5.25. The highest BCUT2D eigenvalue weighted by atomic mass is 16.5. The molecule has 20 heavy (non-hydrogen) atoms. The van der Waals surface area contributed by atoms with Crippen LogP contribution >= 0.6 is 0 Å². The zero-order valence-electron chi connectivity index (χ0n) is 13.6. The molecule has 1 rings (SSSR count). The van der Waals surface area contributed by atoms with Crippen LogP contribution in [0.15, 0.2) is 30.4 Å². The van der Waals surface area contributed by atoms with Crippen molar-refractivity contribution < 1.29 is 4.74 Å². The third-order valence-electron chi connectivity index (χ3n) is 3.71.